The maximum absolute atomic E-state index is 12.6. The standard InChI is InChI=1S/C21H30N2O3/c1-13-4-18(14(2)26-13)20(25)22-11-19(24)23(3)12-21-8-15-5-16(9-21)7-17(6-15)10-21/h4,15-17H,5-12H2,1-3H3,(H,22,25). The second-order valence-corrected chi connectivity index (χ2v) is 9.18. The molecule has 0 radical (unpaired) electrons. The highest BCUT2D eigenvalue weighted by molar-refractivity contribution is 5.97. The van der Waals surface area contributed by atoms with Gasteiger partial charge < -0.3 is 14.6 Å². The number of likely N-dealkylation sites (N-methyl/N-ethyl adjacent to an activating group) is 1. The molecular formula is C21H30N2O3. The molecule has 4 aliphatic carbocycles. The van der Waals surface area contributed by atoms with Crippen LogP contribution in [-0.4, -0.2) is 36.9 Å². The van der Waals surface area contributed by atoms with Crippen molar-refractivity contribution in [1.82, 2.24) is 10.2 Å². The SMILES string of the molecule is Cc1cc(C(=O)NCC(=O)N(C)CC23CC4CC(CC(C4)C2)C3)c(C)o1. The molecule has 4 bridgehead atoms. The van der Waals surface area contributed by atoms with Crippen molar-refractivity contribution in [3.8, 4) is 0 Å². The van der Waals surface area contributed by atoms with Gasteiger partial charge in [0.1, 0.15) is 11.5 Å². The molecule has 1 aromatic heterocycles. The predicted molar refractivity (Wildman–Crippen MR) is 98.8 cm³/mol. The molecule has 0 saturated heterocycles. The van der Waals surface area contributed by atoms with E-state index in [1.54, 1.807) is 13.0 Å². The molecule has 5 nitrogen and oxygen atoms in total. The molecule has 0 unspecified atom stereocenters. The Hall–Kier alpha value is -1.78. The Labute approximate surface area is 155 Å². The zero-order valence-corrected chi connectivity index (χ0v) is 16.1. The van der Waals surface area contributed by atoms with E-state index in [0.29, 0.717) is 22.5 Å². The van der Waals surface area contributed by atoms with Crippen molar-refractivity contribution in [2.45, 2.75) is 52.4 Å². The minimum absolute atomic E-state index is 0.00744. The molecule has 2 amide bonds. The third kappa shape index (κ3) is 3.28. The van der Waals surface area contributed by atoms with Crippen LogP contribution in [0, 0.1) is 37.0 Å². The van der Waals surface area contributed by atoms with Crippen molar-refractivity contribution in [3.63, 3.8) is 0 Å². The summed E-state index contributed by atoms with van der Waals surface area (Å²) in [7, 11) is 1.89. The molecule has 5 heteroatoms. The quantitative estimate of drug-likeness (QED) is 0.878. The number of nitrogens with zero attached hydrogens (tertiary/aromatic N) is 1. The molecule has 1 aromatic rings. The third-order valence-corrected chi connectivity index (χ3v) is 6.85. The summed E-state index contributed by atoms with van der Waals surface area (Å²) in [6, 6.07) is 1.72. The molecule has 0 aromatic carbocycles. The lowest BCUT2D eigenvalue weighted by Crippen LogP contribution is -2.52. The fourth-order valence-electron chi connectivity index (χ4n) is 6.32. The number of carbonyl (C=O) groups excluding carboxylic acids is 2. The summed E-state index contributed by atoms with van der Waals surface area (Å²) in [6.07, 6.45) is 8.10. The summed E-state index contributed by atoms with van der Waals surface area (Å²) >= 11 is 0. The Morgan fingerprint density at radius 1 is 1.15 bits per heavy atom. The van der Waals surface area contributed by atoms with Crippen LogP contribution in [0.4, 0.5) is 0 Å². The van der Waals surface area contributed by atoms with Gasteiger partial charge in [-0.3, -0.25) is 9.59 Å². The van der Waals surface area contributed by atoms with Crippen LogP contribution < -0.4 is 5.32 Å². The number of nitrogens with one attached hydrogen (secondary N) is 1. The van der Waals surface area contributed by atoms with Crippen molar-refractivity contribution in [2.75, 3.05) is 20.1 Å². The maximum atomic E-state index is 12.6. The van der Waals surface area contributed by atoms with Gasteiger partial charge in [-0.15, -0.1) is 0 Å². The number of furan rings is 1. The topological polar surface area (TPSA) is 62.6 Å². The van der Waals surface area contributed by atoms with Crippen LogP contribution in [0.2, 0.25) is 0 Å². The summed E-state index contributed by atoms with van der Waals surface area (Å²) in [5.74, 6) is 3.71. The van der Waals surface area contributed by atoms with Crippen molar-refractivity contribution >= 4 is 11.8 Å². The molecule has 1 heterocycles. The van der Waals surface area contributed by atoms with Crippen LogP contribution in [0.25, 0.3) is 0 Å². The zero-order chi connectivity index (χ0) is 18.5. The van der Waals surface area contributed by atoms with Gasteiger partial charge in [0.15, 0.2) is 0 Å². The minimum atomic E-state index is -0.240. The zero-order valence-electron chi connectivity index (χ0n) is 16.1. The smallest absolute Gasteiger partial charge is 0.255 e. The molecule has 4 aliphatic rings. The van der Waals surface area contributed by atoms with E-state index >= 15 is 0 Å². The second-order valence-electron chi connectivity index (χ2n) is 9.18. The maximum Gasteiger partial charge on any atom is 0.255 e. The third-order valence-electron chi connectivity index (χ3n) is 6.85. The molecule has 0 atom stereocenters. The molecule has 0 aliphatic heterocycles. The normalized spacial score (nSPS) is 31.9. The monoisotopic (exact) mass is 358 g/mol. The molecule has 4 saturated carbocycles. The van der Waals surface area contributed by atoms with Gasteiger partial charge in [-0.2, -0.15) is 0 Å². The lowest BCUT2D eigenvalue weighted by molar-refractivity contribution is -0.134. The van der Waals surface area contributed by atoms with E-state index in [1.807, 2.05) is 18.9 Å². The van der Waals surface area contributed by atoms with Gasteiger partial charge in [0.05, 0.1) is 12.1 Å². The number of amides is 2. The van der Waals surface area contributed by atoms with Gasteiger partial charge in [-0.05, 0) is 81.6 Å². The highest BCUT2D eigenvalue weighted by Gasteiger charge is 2.51. The molecular weight excluding hydrogens is 328 g/mol. The number of hydrogen-bond donors (Lipinski definition) is 1. The Kier molecular flexibility index (Phi) is 4.36. The first-order chi connectivity index (χ1) is 12.3. The van der Waals surface area contributed by atoms with Crippen molar-refractivity contribution in [1.29, 1.82) is 0 Å². The van der Waals surface area contributed by atoms with E-state index in [-0.39, 0.29) is 18.4 Å². The van der Waals surface area contributed by atoms with Gasteiger partial charge >= 0.3 is 0 Å². The van der Waals surface area contributed by atoms with Gasteiger partial charge in [0.2, 0.25) is 5.91 Å². The van der Waals surface area contributed by atoms with Crippen molar-refractivity contribution in [2.24, 2.45) is 23.2 Å². The van der Waals surface area contributed by atoms with Crippen LogP contribution in [0.1, 0.15) is 60.4 Å². The lowest BCUT2D eigenvalue weighted by atomic mass is 9.49. The number of aryl methyl sites for hydroxylation is 2. The van der Waals surface area contributed by atoms with Crippen molar-refractivity contribution in [3.05, 3.63) is 23.2 Å². The molecule has 26 heavy (non-hydrogen) atoms. The summed E-state index contributed by atoms with van der Waals surface area (Å²) < 4.78 is 5.39. The second kappa shape index (κ2) is 6.43. The van der Waals surface area contributed by atoms with Crippen LogP contribution in [0.3, 0.4) is 0 Å². The van der Waals surface area contributed by atoms with Crippen molar-refractivity contribution < 1.29 is 14.0 Å². The minimum Gasteiger partial charge on any atom is -0.466 e. The summed E-state index contributed by atoms with van der Waals surface area (Å²) in [6.45, 7) is 4.47. The van der Waals surface area contributed by atoms with E-state index < -0.39 is 0 Å². The van der Waals surface area contributed by atoms with E-state index in [0.717, 1.165) is 24.3 Å². The Bertz CT molecular complexity index is 686. The first-order valence-corrected chi connectivity index (χ1v) is 9.93. The largest absolute Gasteiger partial charge is 0.466 e. The molecule has 0 spiro atoms. The highest BCUT2D eigenvalue weighted by atomic mass is 16.3. The van der Waals surface area contributed by atoms with Crippen LogP contribution in [0.5, 0.6) is 0 Å². The number of rotatable bonds is 5. The average Bonchev–Trinajstić information content (AvgIpc) is 2.89. The molecule has 142 valence electrons. The van der Waals surface area contributed by atoms with E-state index in [4.69, 9.17) is 4.42 Å². The molecule has 1 N–H and O–H groups in total. The average molecular weight is 358 g/mol. The van der Waals surface area contributed by atoms with Crippen LogP contribution >= 0.6 is 0 Å². The Morgan fingerprint density at radius 2 is 1.73 bits per heavy atom. The van der Waals surface area contributed by atoms with E-state index in [9.17, 15) is 9.59 Å². The van der Waals surface area contributed by atoms with Gasteiger partial charge in [0, 0.05) is 13.6 Å². The molecule has 4 fully saturated rings. The summed E-state index contributed by atoms with van der Waals surface area (Å²) in [5, 5.41) is 2.75. The fraction of sp³-hybridized carbons (Fsp3) is 0.714. The van der Waals surface area contributed by atoms with Crippen LogP contribution in [-0.2, 0) is 4.79 Å². The van der Waals surface area contributed by atoms with Gasteiger partial charge in [0.25, 0.3) is 5.91 Å². The first-order valence-electron chi connectivity index (χ1n) is 9.93. The lowest BCUT2D eigenvalue weighted by Gasteiger charge is -2.57. The van der Waals surface area contributed by atoms with Gasteiger partial charge in [-0.1, -0.05) is 0 Å². The first kappa shape index (κ1) is 17.6. The Balaban J connectivity index is 1.32. The van der Waals surface area contributed by atoms with Crippen LogP contribution in [0.15, 0.2) is 10.5 Å². The predicted octanol–water partition coefficient (Wildman–Crippen LogP) is 3.30. The van der Waals surface area contributed by atoms with E-state index in [1.165, 1.54) is 38.5 Å². The summed E-state index contributed by atoms with van der Waals surface area (Å²) in [5.41, 5.74) is 0.848. The highest BCUT2D eigenvalue weighted by Crippen LogP contribution is 2.60. The Morgan fingerprint density at radius 3 is 2.23 bits per heavy atom. The molecule has 5 rings (SSSR count). The fourth-order valence-corrected chi connectivity index (χ4v) is 6.32. The number of carbonyl (C=O) groups is 2. The van der Waals surface area contributed by atoms with Gasteiger partial charge in [-0.25, -0.2) is 0 Å². The van der Waals surface area contributed by atoms with E-state index in [2.05, 4.69) is 5.32 Å². The number of hydrogen-bond acceptors (Lipinski definition) is 3. The summed E-state index contributed by atoms with van der Waals surface area (Å²) in [4.78, 5) is 26.7.